The van der Waals surface area contributed by atoms with Gasteiger partial charge in [0.25, 0.3) is 0 Å². The van der Waals surface area contributed by atoms with E-state index in [0.717, 1.165) is 17.6 Å². The lowest BCUT2D eigenvalue weighted by molar-refractivity contribution is -0.157. The molecule has 0 aliphatic heterocycles. The SMILES string of the molecule is C=C[C@H]([C@H](O)CC/C(=C/c1cccc(O)c1)CC)[C@H](O)C(=O)OCC. The Balaban J connectivity index is 2.72. The van der Waals surface area contributed by atoms with Crippen LogP contribution in [0.15, 0.2) is 42.5 Å². The van der Waals surface area contributed by atoms with Crippen molar-refractivity contribution in [2.24, 2.45) is 5.92 Å². The maximum Gasteiger partial charge on any atom is 0.335 e. The van der Waals surface area contributed by atoms with Crippen LogP contribution in [-0.4, -0.2) is 40.1 Å². The molecule has 0 aliphatic rings. The molecule has 0 fully saturated rings. The van der Waals surface area contributed by atoms with E-state index in [1.165, 1.54) is 6.08 Å². The minimum absolute atomic E-state index is 0.169. The van der Waals surface area contributed by atoms with E-state index in [0.29, 0.717) is 12.8 Å². The van der Waals surface area contributed by atoms with Gasteiger partial charge in [0.05, 0.1) is 12.7 Å². The molecule has 0 unspecified atom stereocenters. The smallest absolute Gasteiger partial charge is 0.335 e. The largest absolute Gasteiger partial charge is 0.508 e. The number of hydrogen-bond acceptors (Lipinski definition) is 5. The van der Waals surface area contributed by atoms with Gasteiger partial charge in [-0.2, -0.15) is 0 Å². The van der Waals surface area contributed by atoms with Crippen LogP contribution in [0.3, 0.4) is 0 Å². The van der Waals surface area contributed by atoms with Gasteiger partial charge in [0, 0.05) is 5.92 Å². The van der Waals surface area contributed by atoms with E-state index in [-0.39, 0.29) is 12.4 Å². The molecule has 1 aromatic carbocycles. The number of allylic oxidation sites excluding steroid dienone is 1. The first kappa shape index (κ1) is 20.9. The minimum Gasteiger partial charge on any atom is -0.508 e. The van der Waals surface area contributed by atoms with E-state index in [9.17, 15) is 20.1 Å². The molecular weight excluding hydrogens is 320 g/mol. The summed E-state index contributed by atoms with van der Waals surface area (Å²) in [7, 11) is 0. The average Bonchev–Trinajstić information content (AvgIpc) is 2.59. The van der Waals surface area contributed by atoms with Gasteiger partial charge in [-0.25, -0.2) is 4.79 Å². The van der Waals surface area contributed by atoms with Crippen molar-refractivity contribution >= 4 is 12.0 Å². The van der Waals surface area contributed by atoms with Crippen molar-refractivity contribution in [1.29, 1.82) is 0 Å². The van der Waals surface area contributed by atoms with Crippen molar-refractivity contribution in [3.8, 4) is 5.75 Å². The molecule has 0 radical (unpaired) electrons. The molecule has 1 rings (SSSR count). The molecule has 138 valence electrons. The van der Waals surface area contributed by atoms with Crippen molar-refractivity contribution in [2.45, 2.75) is 45.3 Å². The number of phenolic OH excluding ortho intramolecular Hbond substituents is 1. The highest BCUT2D eigenvalue weighted by molar-refractivity contribution is 5.75. The molecule has 0 saturated carbocycles. The topological polar surface area (TPSA) is 87.0 Å². The summed E-state index contributed by atoms with van der Waals surface area (Å²) in [5, 5.41) is 29.9. The Bertz CT molecular complexity index is 594. The molecule has 25 heavy (non-hydrogen) atoms. The van der Waals surface area contributed by atoms with E-state index in [4.69, 9.17) is 4.74 Å². The molecule has 0 spiro atoms. The van der Waals surface area contributed by atoms with Crippen LogP contribution in [0.1, 0.15) is 38.7 Å². The van der Waals surface area contributed by atoms with Crippen molar-refractivity contribution < 1.29 is 24.9 Å². The molecule has 0 aromatic heterocycles. The van der Waals surface area contributed by atoms with Crippen LogP contribution < -0.4 is 0 Å². The number of aromatic hydroxyl groups is 1. The Labute approximate surface area is 149 Å². The van der Waals surface area contributed by atoms with Gasteiger partial charge in [-0.05, 0) is 43.9 Å². The summed E-state index contributed by atoms with van der Waals surface area (Å²) >= 11 is 0. The van der Waals surface area contributed by atoms with Crippen molar-refractivity contribution in [3.05, 3.63) is 48.1 Å². The van der Waals surface area contributed by atoms with Crippen LogP contribution in [0.2, 0.25) is 0 Å². The summed E-state index contributed by atoms with van der Waals surface area (Å²) in [6.45, 7) is 7.44. The first-order valence-corrected chi connectivity index (χ1v) is 8.56. The summed E-state index contributed by atoms with van der Waals surface area (Å²) in [5.41, 5.74) is 1.98. The van der Waals surface area contributed by atoms with Crippen molar-refractivity contribution in [3.63, 3.8) is 0 Å². The Morgan fingerprint density at radius 3 is 2.60 bits per heavy atom. The van der Waals surface area contributed by atoms with E-state index >= 15 is 0 Å². The van der Waals surface area contributed by atoms with Crippen molar-refractivity contribution in [2.75, 3.05) is 6.61 Å². The minimum atomic E-state index is -1.42. The van der Waals surface area contributed by atoms with E-state index in [1.54, 1.807) is 25.1 Å². The first-order chi connectivity index (χ1) is 11.9. The molecule has 3 N–H and O–H groups in total. The number of esters is 1. The van der Waals surface area contributed by atoms with Crippen LogP contribution in [0.4, 0.5) is 0 Å². The fourth-order valence-electron chi connectivity index (χ4n) is 2.61. The number of carbonyl (C=O) groups excluding carboxylic acids is 1. The van der Waals surface area contributed by atoms with Gasteiger partial charge >= 0.3 is 5.97 Å². The fraction of sp³-hybridized carbons (Fsp3) is 0.450. The predicted molar refractivity (Wildman–Crippen MR) is 97.9 cm³/mol. The van der Waals surface area contributed by atoms with Gasteiger partial charge in [-0.3, -0.25) is 0 Å². The first-order valence-electron chi connectivity index (χ1n) is 8.56. The number of benzene rings is 1. The normalized spacial score (nSPS) is 15.3. The summed E-state index contributed by atoms with van der Waals surface area (Å²) in [5.74, 6) is -1.33. The summed E-state index contributed by atoms with van der Waals surface area (Å²) in [6, 6.07) is 6.94. The van der Waals surface area contributed by atoms with Crippen LogP contribution in [0, 0.1) is 5.92 Å². The molecule has 5 nitrogen and oxygen atoms in total. The summed E-state index contributed by atoms with van der Waals surface area (Å²) in [4.78, 5) is 11.6. The van der Waals surface area contributed by atoms with Gasteiger partial charge in [0.15, 0.2) is 6.10 Å². The van der Waals surface area contributed by atoms with Gasteiger partial charge < -0.3 is 20.1 Å². The number of rotatable bonds is 10. The van der Waals surface area contributed by atoms with E-state index < -0.39 is 24.1 Å². The predicted octanol–water partition coefficient (Wildman–Crippen LogP) is 3.05. The molecule has 0 aliphatic carbocycles. The van der Waals surface area contributed by atoms with E-state index in [1.807, 2.05) is 19.1 Å². The Morgan fingerprint density at radius 2 is 2.04 bits per heavy atom. The Morgan fingerprint density at radius 1 is 1.32 bits per heavy atom. The fourth-order valence-corrected chi connectivity index (χ4v) is 2.61. The Kier molecular flexibility index (Phi) is 8.95. The second-order valence-electron chi connectivity index (χ2n) is 5.87. The zero-order valence-electron chi connectivity index (χ0n) is 14.9. The second kappa shape index (κ2) is 10.7. The lowest BCUT2D eigenvalue weighted by Gasteiger charge is -2.23. The quantitative estimate of drug-likeness (QED) is 0.447. The highest BCUT2D eigenvalue weighted by Gasteiger charge is 2.30. The van der Waals surface area contributed by atoms with Gasteiger partial charge in [0.1, 0.15) is 5.75 Å². The molecule has 0 amide bonds. The second-order valence-corrected chi connectivity index (χ2v) is 5.87. The van der Waals surface area contributed by atoms with Gasteiger partial charge in [-0.15, -0.1) is 6.58 Å². The molecule has 1 aromatic rings. The maximum atomic E-state index is 11.6. The molecule has 3 atom stereocenters. The third-order valence-electron chi connectivity index (χ3n) is 4.07. The summed E-state index contributed by atoms with van der Waals surface area (Å²) < 4.78 is 4.79. The Hall–Kier alpha value is -2.11. The monoisotopic (exact) mass is 348 g/mol. The van der Waals surface area contributed by atoms with Gasteiger partial charge in [-0.1, -0.05) is 36.8 Å². The zero-order valence-corrected chi connectivity index (χ0v) is 14.9. The molecule has 0 heterocycles. The van der Waals surface area contributed by atoms with Crippen LogP contribution in [-0.2, 0) is 9.53 Å². The highest BCUT2D eigenvalue weighted by atomic mass is 16.5. The van der Waals surface area contributed by atoms with Gasteiger partial charge in [0.2, 0.25) is 0 Å². The van der Waals surface area contributed by atoms with Crippen molar-refractivity contribution in [1.82, 2.24) is 0 Å². The van der Waals surface area contributed by atoms with Crippen LogP contribution in [0.5, 0.6) is 5.75 Å². The molecule has 0 saturated heterocycles. The number of phenols is 1. The number of ether oxygens (including phenoxy) is 1. The van der Waals surface area contributed by atoms with E-state index in [2.05, 4.69) is 6.58 Å². The van der Waals surface area contributed by atoms with Crippen LogP contribution >= 0.6 is 0 Å². The number of aliphatic hydroxyl groups is 2. The zero-order chi connectivity index (χ0) is 18.8. The number of hydrogen-bond donors (Lipinski definition) is 3. The third-order valence-corrected chi connectivity index (χ3v) is 4.07. The lowest BCUT2D eigenvalue weighted by atomic mass is 9.90. The molecule has 5 heteroatoms. The maximum absolute atomic E-state index is 11.6. The molecular formula is C20H28O5. The average molecular weight is 348 g/mol. The number of carbonyl (C=O) groups is 1. The standard InChI is InChI=1S/C20H28O5/c1-4-14(12-15-8-7-9-16(21)13-15)10-11-18(22)17(5-2)19(23)20(24)25-6-3/h5,7-9,12-13,17-19,21-23H,2,4,6,10-11H2,1,3H3/b14-12+/t17-,18-,19+/m1/s1. The summed E-state index contributed by atoms with van der Waals surface area (Å²) in [6.07, 6.45) is 2.80. The number of aliphatic hydroxyl groups excluding tert-OH is 2. The third kappa shape index (κ3) is 6.72. The lowest BCUT2D eigenvalue weighted by Crippen LogP contribution is -2.37. The van der Waals surface area contributed by atoms with Crippen LogP contribution in [0.25, 0.3) is 6.08 Å². The highest BCUT2D eigenvalue weighted by Crippen LogP contribution is 2.22. The molecule has 0 bridgehead atoms.